The molecule has 0 saturated heterocycles. The van der Waals surface area contributed by atoms with Gasteiger partial charge in [0.1, 0.15) is 0 Å². The molecule has 0 saturated carbocycles. The zero-order valence-electron chi connectivity index (χ0n) is 12.2. The first-order valence-electron chi connectivity index (χ1n) is 6.66. The van der Waals surface area contributed by atoms with Crippen molar-refractivity contribution in [1.29, 1.82) is 0 Å². The van der Waals surface area contributed by atoms with Gasteiger partial charge in [0.25, 0.3) is 0 Å². The minimum atomic E-state index is 0.736. The van der Waals surface area contributed by atoms with Gasteiger partial charge in [-0.2, -0.15) is 0 Å². The number of halogens is 1. The summed E-state index contributed by atoms with van der Waals surface area (Å²) in [6.07, 6.45) is 1.88. The first kappa shape index (κ1) is 14.6. The van der Waals surface area contributed by atoms with Gasteiger partial charge in [0.2, 0.25) is 0 Å². The summed E-state index contributed by atoms with van der Waals surface area (Å²) in [4.78, 5) is 6.66. The van der Waals surface area contributed by atoms with Crippen molar-refractivity contribution in [3.8, 4) is 11.1 Å². The van der Waals surface area contributed by atoms with Crippen LogP contribution in [0, 0.1) is 6.92 Å². The van der Waals surface area contributed by atoms with Crippen molar-refractivity contribution in [2.75, 3.05) is 13.6 Å². The smallest absolute Gasteiger partial charge is 0.0886 e. The van der Waals surface area contributed by atoms with E-state index in [0.717, 1.165) is 39.6 Å². The maximum Gasteiger partial charge on any atom is 0.0886 e. The molecule has 104 valence electrons. The van der Waals surface area contributed by atoms with Gasteiger partial charge < -0.3 is 4.90 Å². The molecule has 0 aliphatic carbocycles. The molecule has 1 heterocycles. The van der Waals surface area contributed by atoms with E-state index in [9.17, 15) is 0 Å². The van der Waals surface area contributed by atoms with Crippen LogP contribution in [0.5, 0.6) is 0 Å². The topological polar surface area (TPSA) is 16.1 Å². The zero-order chi connectivity index (χ0) is 14.7. The molecule has 2 aromatic rings. The lowest BCUT2D eigenvalue weighted by molar-refractivity contribution is 0.508. The van der Waals surface area contributed by atoms with E-state index >= 15 is 0 Å². The maximum absolute atomic E-state index is 6.04. The van der Waals surface area contributed by atoms with Crippen LogP contribution in [0.25, 0.3) is 16.8 Å². The summed E-state index contributed by atoms with van der Waals surface area (Å²) in [5.41, 5.74) is 5.16. The van der Waals surface area contributed by atoms with Crippen LogP contribution in [0.4, 0.5) is 0 Å². The molecule has 3 heteroatoms. The van der Waals surface area contributed by atoms with Gasteiger partial charge in [0, 0.05) is 30.4 Å². The number of benzene rings is 1. The second-order valence-corrected chi connectivity index (χ2v) is 5.30. The van der Waals surface area contributed by atoms with Crippen molar-refractivity contribution in [2.45, 2.75) is 13.8 Å². The average molecular weight is 287 g/mol. The Morgan fingerprint density at radius 3 is 2.65 bits per heavy atom. The maximum atomic E-state index is 6.04. The summed E-state index contributed by atoms with van der Waals surface area (Å²) in [7, 11) is 2.02. The monoisotopic (exact) mass is 286 g/mol. The van der Waals surface area contributed by atoms with Crippen molar-refractivity contribution in [2.24, 2.45) is 0 Å². The summed E-state index contributed by atoms with van der Waals surface area (Å²) < 4.78 is 0. The lowest BCUT2D eigenvalue weighted by atomic mass is 10.0. The molecule has 0 fully saturated rings. The van der Waals surface area contributed by atoms with Crippen LogP contribution in [0.1, 0.15) is 18.2 Å². The molecule has 0 atom stereocenters. The van der Waals surface area contributed by atoms with Gasteiger partial charge in [0.05, 0.1) is 11.4 Å². The van der Waals surface area contributed by atoms with Crippen molar-refractivity contribution in [1.82, 2.24) is 9.88 Å². The van der Waals surface area contributed by atoms with Crippen molar-refractivity contribution < 1.29 is 0 Å². The van der Waals surface area contributed by atoms with Gasteiger partial charge in [-0.3, -0.25) is 4.98 Å². The lowest BCUT2D eigenvalue weighted by Crippen LogP contribution is -2.16. The minimum Gasteiger partial charge on any atom is -0.374 e. The van der Waals surface area contributed by atoms with E-state index in [1.165, 1.54) is 0 Å². The molecule has 0 unspecified atom stereocenters. The van der Waals surface area contributed by atoms with Gasteiger partial charge in [-0.1, -0.05) is 30.3 Å². The molecule has 0 bridgehead atoms. The predicted octanol–water partition coefficient (Wildman–Crippen LogP) is 4.63. The highest BCUT2D eigenvalue weighted by atomic mass is 35.5. The molecule has 2 nitrogen and oxygen atoms in total. The number of rotatable bonds is 4. The van der Waals surface area contributed by atoms with Gasteiger partial charge in [0.15, 0.2) is 0 Å². The van der Waals surface area contributed by atoms with Crippen molar-refractivity contribution in [3.63, 3.8) is 0 Å². The third kappa shape index (κ3) is 3.02. The van der Waals surface area contributed by atoms with Gasteiger partial charge in [-0.05, 0) is 43.2 Å². The van der Waals surface area contributed by atoms with Crippen LogP contribution in [-0.2, 0) is 0 Å². The highest BCUT2D eigenvalue weighted by Crippen LogP contribution is 2.26. The van der Waals surface area contributed by atoms with Gasteiger partial charge in [-0.25, -0.2) is 0 Å². The van der Waals surface area contributed by atoms with Crippen molar-refractivity contribution in [3.05, 3.63) is 59.4 Å². The fourth-order valence-corrected chi connectivity index (χ4v) is 2.26. The molecule has 0 amide bonds. The Hall–Kier alpha value is -1.80. The van der Waals surface area contributed by atoms with E-state index in [2.05, 4.69) is 36.4 Å². The molecular weight excluding hydrogens is 268 g/mol. The average Bonchev–Trinajstić information content (AvgIpc) is 2.45. The molecule has 0 spiro atoms. The predicted molar refractivity (Wildman–Crippen MR) is 86.8 cm³/mol. The Bertz CT molecular complexity index is 635. The zero-order valence-corrected chi connectivity index (χ0v) is 12.9. The van der Waals surface area contributed by atoms with E-state index < -0.39 is 0 Å². The van der Waals surface area contributed by atoms with Crippen LogP contribution in [0.3, 0.4) is 0 Å². The number of hydrogen-bond donors (Lipinski definition) is 0. The molecule has 20 heavy (non-hydrogen) atoms. The first-order chi connectivity index (χ1) is 9.52. The summed E-state index contributed by atoms with van der Waals surface area (Å²) in [6, 6.07) is 9.94. The fraction of sp³-hybridized carbons (Fsp3) is 0.235. The summed E-state index contributed by atoms with van der Waals surface area (Å²) >= 11 is 6.04. The molecule has 1 aromatic carbocycles. The number of pyridine rings is 1. The van der Waals surface area contributed by atoms with E-state index in [0.29, 0.717) is 0 Å². The Morgan fingerprint density at radius 1 is 1.30 bits per heavy atom. The number of hydrogen-bond acceptors (Lipinski definition) is 2. The van der Waals surface area contributed by atoms with Crippen LogP contribution in [-0.4, -0.2) is 23.5 Å². The summed E-state index contributed by atoms with van der Waals surface area (Å²) in [5, 5.41) is 0.736. The molecule has 2 rings (SSSR count). The van der Waals surface area contributed by atoms with Crippen molar-refractivity contribution >= 4 is 17.3 Å². The second kappa shape index (κ2) is 6.10. The fourth-order valence-electron chi connectivity index (χ4n) is 2.07. The third-order valence-electron chi connectivity index (χ3n) is 3.44. The summed E-state index contributed by atoms with van der Waals surface area (Å²) in [6.45, 7) is 9.19. The van der Waals surface area contributed by atoms with Crippen LogP contribution >= 0.6 is 11.6 Å². The van der Waals surface area contributed by atoms with E-state index in [-0.39, 0.29) is 0 Å². The molecule has 0 radical (unpaired) electrons. The highest BCUT2D eigenvalue weighted by Gasteiger charge is 2.09. The second-order valence-electron chi connectivity index (χ2n) is 4.86. The van der Waals surface area contributed by atoms with Gasteiger partial charge in [-0.15, -0.1) is 0 Å². The minimum absolute atomic E-state index is 0.736. The van der Waals surface area contributed by atoms with Gasteiger partial charge >= 0.3 is 0 Å². The van der Waals surface area contributed by atoms with Crippen LogP contribution < -0.4 is 0 Å². The van der Waals surface area contributed by atoms with E-state index in [1.54, 1.807) is 0 Å². The molecular formula is C17H19ClN2. The molecule has 0 aliphatic heterocycles. The SMILES string of the molecule is C=C(c1ncc(-c2cccc(Cl)c2)cc1C)N(C)CC. The summed E-state index contributed by atoms with van der Waals surface area (Å²) in [5.74, 6) is 0. The Kier molecular flexibility index (Phi) is 4.46. The number of aromatic nitrogens is 1. The molecule has 1 aromatic heterocycles. The third-order valence-corrected chi connectivity index (χ3v) is 3.68. The first-order valence-corrected chi connectivity index (χ1v) is 7.03. The number of nitrogens with zero attached hydrogens (tertiary/aromatic N) is 2. The van der Waals surface area contributed by atoms with E-state index in [1.807, 2.05) is 37.5 Å². The van der Waals surface area contributed by atoms with Crippen LogP contribution in [0.15, 0.2) is 43.1 Å². The molecule has 0 N–H and O–H groups in total. The Balaban J connectivity index is 2.37. The highest BCUT2D eigenvalue weighted by molar-refractivity contribution is 6.30. The quantitative estimate of drug-likeness (QED) is 0.814. The largest absolute Gasteiger partial charge is 0.374 e. The normalized spacial score (nSPS) is 10.4. The molecule has 0 aliphatic rings. The van der Waals surface area contributed by atoms with Crippen LogP contribution in [0.2, 0.25) is 5.02 Å². The Labute approximate surface area is 125 Å². The standard InChI is InChI=1S/C17H19ClN2/c1-5-20(4)13(3)17-12(2)9-15(11-19-17)14-7-6-8-16(18)10-14/h6-11H,3,5H2,1-2,4H3. The lowest BCUT2D eigenvalue weighted by Gasteiger charge is -2.20. The van der Waals surface area contributed by atoms with E-state index in [4.69, 9.17) is 11.6 Å². The Morgan fingerprint density at radius 2 is 2.05 bits per heavy atom. The number of aryl methyl sites for hydroxylation is 1.